The molecule has 0 aliphatic carbocycles. The van der Waals surface area contributed by atoms with Crippen molar-refractivity contribution >= 4 is 11.6 Å². The number of nitrogens with one attached hydrogen (secondary N) is 1. The van der Waals surface area contributed by atoms with E-state index in [-0.39, 0.29) is 11.5 Å². The molecule has 0 spiro atoms. The van der Waals surface area contributed by atoms with Gasteiger partial charge in [0.1, 0.15) is 0 Å². The van der Waals surface area contributed by atoms with Crippen molar-refractivity contribution in [2.45, 2.75) is 46.7 Å². The van der Waals surface area contributed by atoms with Gasteiger partial charge in [-0.1, -0.05) is 32.4 Å². The van der Waals surface area contributed by atoms with Crippen LogP contribution in [0.5, 0.6) is 0 Å². The SMILES string of the molecule is CNC(c1c(Cl)cnn1C(C)C)C(C)(C)C. The van der Waals surface area contributed by atoms with Gasteiger partial charge in [-0.05, 0) is 26.3 Å². The van der Waals surface area contributed by atoms with Crippen molar-refractivity contribution in [2.75, 3.05) is 7.05 Å². The van der Waals surface area contributed by atoms with Gasteiger partial charge < -0.3 is 5.32 Å². The minimum Gasteiger partial charge on any atom is -0.311 e. The van der Waals surface area contributed by atoms with Crippen molar-refractivity contribution in [1.82, 2.24) is 15.1 Å². The summed E-state index contributed by atoms with van der Waals surface area (Å²) in [6.45, 7) is 10.8. The van der Waals surface area contributed by atoms with E-state index < -0.39 is 0 Å². The molecule has 1 atom stereocenters. The monoisotopic (exact) mass is 243 g/mol. The van der Waals surface area contributed by atoms with Crippen LogP contribution in [0.1, 0.15) is 52.4 Å². The van der Waals surface area contributed by atoms with Crippen LogP contribution in [0.4, 0.5) is 0 Å². The zero-order valence-electron chi connectivity index (χ0n) is 11.0. The Labute approximate surface area is 103 Å². The molecule has 1 heterocycles. The van der Waals surface area contributed by atoms with E-state index in [0.29, 0.717) is 6.04 Å². The van der Waals surface area contributed by atoms with Crippen LogP contribution >= 0.6 is 11.6 Å². The van der Waals surface area contributed by atoms with E-state index in [1.165, 1.54) is 0 Å². The van der Waals surface area contributed by atoms with Gasteiger partial charge in [0.25, 0.3) is 0 Å². The Bertz CT molecular complexity index is 350. The second kappa shape index (κ2) is 4.76. The summed E-state index contributed by atoms with van der Waals surface area (Å²) >= 11 is 6.25. The van der Waals surface area contributed by atoms with Crippen molar-refractivity contribution in [3.05, 3.63) is 16.9 Å². The molecule has 0 fully saturated rings. The highest BCUT2D eigenvalue weighted by Gasteiger charge is 2.30. The Morgan fingerprint density at radius 1 is 1.38 bits per heavy atom. The fourth-order valence-electron chi connectivity index (χ4n) is 2.01. The number of nitrogens with zero attached hydrogens (tertiary/aromatic N) is 2. The maximum atomic E-state index is 6.25. The van der Waals surface area contributed by atoms with Crippen LogP contribution in [0, 0.1) is 5.41 Å². The standard InChI is InChI=1S/C12H22ClN3/c1-8(2)16-10(9(13)7-15-16)11(14-6)12(3,4)5/h7-8,11,14H,1-6H3. The quantitative estimate of drug-likeness (QED) is 0.882. The van der Waals surface area contributed by atoms with E-state index in [0.717, 1.165) is 10.7 Å². The lowest BCUT2D eigenvalue weighted by atomic mass is 9.84. The van der Waals surface area contributed by atoms with E-state index in [2.05, 4.69) is 45.0 Å². The first-order valence-electron chi connectivity index (χ1n) is 5.69. The summed E-state index contributed by atoms with van der Waals surface area (Å²) in [5.74, 6) is 0. The maximum Gasteiger partial charge on any atom is 0.0834 e. The minimum atomic E-state index is 0.102. The topological polar surface area (TPSA) is 29.9 Å². The average molecular weight is 244 g/mol. The molecule has 16 heavy (non-hydrogen) atoms. The summed E-state index contributed by atoms with van der Waals surface area (Å²) in [6.07, 6.45) is 1.73. The van der Waals surface area contributed by atoms with Gasteiger partial charge in [-0.2, -0.15) is 5.10 Å². The molecule has 1 N–H and O–H groups in total. The highest BCUT2D eigenvalue weighted by molar-refractivity contribution is 6.31. The first-order chi connectivity index (χ1) is 7.29. The molecule has 1 aromatic heterocycles. The molecule has 0 bridgehead atoms. The largest absolute Gasteiger partial charge is 0.311 e. The smallest absolute Gasteiger partial charge is 0.0834 e. The third kappa shape index (κ3) is 2.58. The lowest BCUT2D eigenvalue weighted by Crippen LogP contribution is -2.32. The predicted octanol–water partition coefficient (Wildman–Crippen LogP) is 3.42. The van der Waals surface area contributed by atoms with Crippen LogP contribution < -0.4 is 5.32 Å². The van der Waals surface area contributed by atoms with E-state index >= 15 is 0 Å². The third-order valence-electron chi connectivity index (χ3n) is 2.70. The van der Waals surface area contributed by atoms with Gasteiger partial charge in [-0.3, -0.25) is 4.68 Å². The van der Waals surface area contributed by atoms with Gasteiger partial charge in [0.2, 0.25) is 0 Å². The third-order valence-corrected chi connectivity index (χ3v) is 3.00. The summed E-state index contributed by atoms with van der Waals surface area (Å²) in [4.78, 5) is 0. The average Bonchev–Trinajstić information content (AvgIpc) is 2.47. The second-order valence-electron chi connectivity index (χ2n) is 5.50. The number of rotatable bonds is 3. The maximum absolute atomic E-state index is 6.25. The number of halogens is 1. The van der Waals surface area contributed by atoms with Crippen LogP contribution in [0.3, 0.4) is 0 Å². The highest BCUT2D eigenvalue weighted by atomic mass is 35.5. The zero-order chi connectivity index (χ0) is 12.5. The Balaban J connectivity index is 3.24. The zero-order valence-corrected chi connectivity index (χ0v) is 11.8. The van der Waals surface area contributed by atoms with Crippen LogP contribution in [0.15, 0.2) is 6.20 Å². The molecule has 92 valence electrons. The van der Waals surface area contributed by atoms with Crippen molar-refractivity contribution in [1.29, 1.82) is 0 Å². The number of aromatic nitrogens is 2. The Morgan fingerprint density at radius 3 is 2.31 bits per heavy atom. The first kappa shape index (κ1) is 13.5. The summed E-state index contributed by atoms with van der Waals surface area (Å²) < 4.78 is 1.99. The lowest BCUT2D eigenvalue weighted by Gasteiger charge is -2.32. The summed E-state index contributed by atoms with van der Waals surface area (Å²) in [6, 6.07) is 0.519. The van der Waals surface area contributed by atoms with Gasteiger partial charge in [0, 0.05) is 6.04 Å². The van der Waals surface area contributed by atoms with Crippen LogP contribution in [0.2, 0.25) is 5.02 Å². The molecule has 0 aliphatic heterocycles. The van der Waals surface area contributed by atoms with Crippen molar-refractivity contribution in [3.8, 4) is 0 Å². The molecule has 1 aromatic rings. The van der Waals surface area contributed by atoms with Gasteiger partial charge in [-0.25, -0.2) is 0 Å². The molecule has 0 aliphatic rings. The van der Waals surface area contributed by atoms with Gasteiger partial charge in [0.05, 0.1) is 23.0 Å². The lowest BCUT2D eigenvalue weighted by molar-refractivity contribution is 0.268. The van der Waals surface area contributed by atoms with Crippen LogP contribution in [-0.2, 0) is 0 Å². The molecule has 0 amide bonds. The fraction of sp³-hybridized carbons (Fsp3) is 0.750. The molecule has 0 saturated carbocycles. The highest BCUT2D eigenvalue weighted by Crippen LogP contribution is 2.36. The molecule has 1 unspecified atom stereocenters. The van der Waals surface area contributed by atoms with E-state index in [4.69, 9.17) is 11.6 Å². The van der Waals surface area contributed by atoms with E-state index in [9.17, 15) is 0 Å². The van der Waals surface area contributed by atoms with Crippen molar-refractivity contribution in [3.63, 3.8) is 0 Å². The number of hydrogen-bond donors (Lipinski definition) is 1. The molecule has 1 rings (SSSR count). The van der Waals surface area contributed by atoms with Crippen molar-refractivity contribution < 1.29 is 0 Å². The molecule has 0 radical (unpaired) electrons. The molecule has 3 nitrogen and oxygen atoms in total. The Hall–Kier alpha value is -0.540. The van der Waals surface area contributed by atoms with Gasteiger partial charge in [-0.15, -0.1) is 0 Å². The summed E-state index contributed by atoms with van der Waals surface area (Å²) in [5, 5.41) is 8.42. The van der Waals surface area contributed by atoms with E-state index in [1.54, 1.807) is 6.20 Å². The Morgan fingerprint density at radius 2 is 1.94 bits per heavy atom. The van der Waals surface area contributed by atoms with Crippen LogP contribution in [-0.4, -0.2) is 16.8 Å². The molecule has 0 aromatic carbocycles. The normalized spacial score (nSPS) is 14.5. The molecule has 4 heteroatoms. The van der Waals surface area contributed by atoms with Gasteiger partial charge in [0.15, 0.2) is 0 Å². The molecular formula is C12H22ClN3. The van der Waals surface area contributed by atoms with Gasteiger partial charge >= 0.3 is 0 Å². The minimum absolute atomic E-state index is 0.102. The Kier molecular flexibility index (Phi) is 4.02. The number of hydrogen-bond acceptors (Lipinski definition) is 2. The molecule has 0 saturated heterocycles. The van der Waals surface area contributed by atoms with Crippen molar-refractivity contribution in [2.24, 2.45) is 5.41 Å². The summed E-state index contributed by atoms with van der Waals surface area (Å²) in [7, 11) is 1.96. The fourth-order valence-corrected chi connectivity index (χ4v) is 2.25. The second-order valence-corrected chi connectivity index (χ2v) is 5.91. The van der Waals surface area contributed by atoms with E-state index in [1.807, 2.05) is 11.7 Å². The predicted molar refractivity (Wildman–Crippen MR) is 68.9 cm³/mol. The van der Waals surface area contributed by atoms with Crippen LogP contribution in [0.25, 0.3) is 0 Å². The first-order valence-corrected chi connectivity index (χ1v) is 6.07. The molecular weight excluding hydrogens is 222 g/mol. The summed E-state index contributed by atoms with van der Waals surface area (Å²) in [5.41, 5.74) is 1.18.